The Morgan fingerprint density at radius 2 is 1.81 bits per heavy atom. The highest BCUT2D eigenvalue weighted by Gasteiger charge is 2.29. The van der Waals surface area contributed by atoms with Gasteiger partial charge in [-0.3, -0.25) is 0 Å². The van der Waals surface area contributed by atoms with Crippen molar-refractivity contribution in [2.75, 3.05) is 13.7 Å². The Bertz CT molecular complexity index is 347. The first-order valence-electron chi connectivity index (χ1n) is 5.56. The molecule has 0 aliphatic rings. The third-order valence-corrected chi connectivity index (χ3v) is 3.13. The summed E-state index contributed by atoms with van der Waals surface area (Å²) in [5, 5.41) is 10.5. The molecule has 1 rings (SSSR count). The van der Waals surface area contributed by atoms with E-state index in [0.717, 1.165) is 22.4 Å². The lowest BCUT2D eigenvalue weighted by atomic mass is 9.84. The Morgan fingerprint density at radius 3 is 2.12 bits per heavy atom. The lowest BCUT2D eigenvalue weighted by Gasteiger charge is -2.29. The summed E-state index contributed by atoms with van der Waals surface area (Å²) in [6.07, 6.45) is 0.609. The average Bonchev–Trinajstić information content (AvgIpc) is 2.27. The third kappa shape index (κ3) is 2.20. The maximum absolute atomic E-state index is 10.5. The topological polar surface area (TPSA) is 55.5 Å². The molecule has 0 spiro atoms. The molecule has 3 nitrogen and oxygen atoms in total. The second-order valence-corrected chi connectivity index (χ2v) is 4.23. The van der Waals surface area contributed by atoms with E-state index in [1.165, 1.54) is 0 Å². The van der Waals surface area contributed by atoms with Crippen LogP contribution in [0.15, 0.2) is 12.1 Å². The normalized spacial score (nSPS) is 14.6. The molecule has 0 aliphatic heterocycles. The van der Waals surface area contributed by atoms with Crippen LogP contribution in [-0.2, 0) is 5.60 Å². The van der Waals surface area contributed by atoms with Crippen molar-refractivity contribution < 1.29 is 9.84 Å². The van der Waals surface area contributed by atoms with Crippen LogP contribution in [0.3, 0.4) is 0 Å². The Morgan fingerprint density at radius 1 is 1.31 bits per heavy atom. The number of hydrogen-bond acceptors (Lipinski definition) is 3. The van der Waals surface area contributed by atoms with Crippen molar-refractivity contribution in [3.8, 4) is 5.75 Å². The van der Waals surface area contributed by atoms with Gasteiger partial charge in [0.15, 0.2) is 0 Å². The molecule has 0 saturated carbocycles. The molecule has 1 unspecified atom stereocenters. The zero-order valence-corrected chi connectivity index (χ0v) is 10.5. The summed E-state index contributed by atoms with van der Waals surface area (Å²) in [4.78, 5) is 0. The molecule has 0 amide bonds. The minimum atomic E-state index is -0.930. The van der Waals surface area contributed by atoms with Crippen molar-refractivity contribution in [2.24, 2.45) is 5.73 Å². The van der Waals surface area contributed by atoms with Crippen molar-refractivity contribution in [3.63, 3.8) is 0 Å². The van der Waals surface area contributed by atoms with E-state index in [2.05, 4.69) is 0 Å². The summed E-state index contributed by atoms with van der Waals surface area (Å²) in [6, 6.07) is 3.86. The minimum absolute atomic E-state index is 0.234. The van der Waals surface area contributed by atoms with Crippen molar-refractivity contribution in [1.29, 1.82) is 0 Å². The molecule has 0 fully saturated rings. The Labute approximate surface area is 97.2 Å². The van der Waals surface area contributed by atoms with Crippen LogP contribution in [0.2, 0.25) is 0 Å². The van der Waals surface area contributed by atoms with Gasteiger partial charge in [0.1, 0.15) is 11.4 Å². The number of aryl methyl sites for hydroxylation is 2. The van der Waals surface area contributed by atoms with Gasteiger partial charge in [-0.15, -0.1) is 0 Å². The zero-order valence-electron chi connectivity index (χ0n) is 10.5. The maximum atomic E-state index is 10.5. The van der Waals surface area contributed by atoms with E-state index < -0.39 is 5.60 Å². The van der Waals surface area contributed by atoms with Crippen LogP contribution in [0.1, 0.15) is 30.0 Å². The van der Waals surface area contributed by atoms with Gasteiger partial charge in [-0.1, -0.05) is 6.92 Å². The molecule has 0 radical (unpaired) electrons. The van der Waals surface area contributed by atoms with Gasteiger partial charge < -0.3 is 15.6 Å². The molecule has 90 valence electrons. The molecule has 0 saturated heterocycles. The van der Waals surface area contributed by atoms with Crippen molar-refractivity contribution in [2.45, 2.75) is 32.8 Å². The quantitative estimate of drug-likeness (QED) is 0.819. The summed E-state index contributed by atoms with van der Waals surface area (Å²) in [5.41, 5.74) is 7.72. The van der Waals surface area contributed by atoms with Gasteiger partial charge in [-0.05, 0) is 49.1 Å². The number of nitrogens with two attached hydrogens (primary N) is 1. The fourth-order valence-electron chi connectivity index (χ4n) is 2.20. The van der Waals surface area contributed by atoms with Gasteiger partial charge >= 0.3 is 0 Å². The number of methoxy groups -OCH3 is 1. The number of aliphatic hydroxyl groups is 1. The fraction of sp³-hybridized carbons (Fsp3) is 0.538. The second kappa shape index (κ2) is 4.85. The number of benzene rings is 1. The molecule has 0 bridgehead atoms. The maximum Gasteiger partial charge on any atom is 0.119 e. The standard InChI is InChI=1S/C13H21NO2/c1-5-13(15,8-14)12-9(2)6-11(16-4)7-10(12)3/h6-7,15H,5,8,14H2,1-4H3. The van der Waals surface area contributed by atoms with Gasteiger partial charge in [0.2, 0.25) is 0 Å². The SMILES string of the molecule is CCC(O)(CN)c1c(C)cc(OC)cc1C. The number of ether oxygens (including phenoxy) is 1. The summed E-state index contributed by atoms with van der Waals surface area (Å²) < 4.78 is 5.20. The predicted octanol–water partition coefficient (Wildman–Crippen LogP) is 1.87. The van der Waals surface area contributed by atoms with E-state index in [9.17, 15) is 5.11 Å². The Balaban J connectivity index is 3.34. The molecule has 1 aromatic rings. The lowest BCUT2D eigenvalue weighted by Crippen LogP contribution is -2.35. The van der Waals surface area contributed by atoms with Crippen molar-refractivity contribution in [1.82, 2.24) is 0 Å². The van der Waals surface area contributed by atoms with Crippen LogP contribution >= 0.6 is 0 Å². The molecule has 3 heteroatoms. The fourth-order valence-corrected chi connectivity index (χ4v) is 2.20. The van der Waals surface area contributed by atoms with E-state index in [1.54, 1.807) is 7.11 Å². The zero-order chi connectivity index (χ0) is 12.3. The van der Waals surface area contributed by atoms with Crippen molar-refractivity contribution >= 4 is 0 Å². The lowest BCUT2D eigenvalue weighted by molar-refractivity contribution is 0.0405. The van der Waals surface area contributed by atoms with E-state index >= 15 is 0 Å². The molecular weight excluding hydrogens is 202 g/mol. The van der Waals surface area contributed by atoms with E-state index in [4.69, 9.17) is 10.5 Å². The predicted molar refractivity (Wildman–Crippen MR) is 65.7 cm³/mol. The van der Waals surface area contributed by atoms with Gasteiger partial charge in [0.25, 0.3) is 0 Å². The van der Waals surface area contributed by atoms with Gasteiger partial charge in [-0.25, -0.2) is 0 Å². The monoisotopic (exact) mass is 223 g/mol. The van der Waals surface area contributed by atoms with Gasteiger partial charge in [0, 0.05) is 6.54 Å². The molecular formula is C13H21NO2. The van der Waals surface area contributed by atoms with Crippen LogP contribution in [0.4, 0.5) is 0 Å². The molecule has 1 aromatic carbocycles. The van der Waals surface area contributed by atoms with Crippen LogP contribution in [0.25, 0.3) is 0 Å². The van der Waals surface area contributed by atoms with Crippen LogP contribution in [-0.4, -0.2) is 18.8 Å². The van der Waals surface area contributed by atoms with Crippen LogP contribution in [0, 0.1) is 13.8 Å². The largest absolute Gasteiger partial charge is 0.497 e. The highest BCUT2D eigenvalue weighted by Crippen LogP contribution is 2.32. The summed E-state index contributed by atoms with van der Waals surface area (Å²) in [6.45, 7) is 6.12. The highest BCUT2D eigenvalue weighted by molar-refractivity contribution is 5.44. The van der Waals surface area contributed by atoms with Gasteiger partial charge in [-0.2, -0.15) is 0 Å². The molecule has 1 atom stereocenters. The third-order valence-electron chi connectivity index (χ3n) is 3.13. The molecule has 3 N–H and O–H groups in total. The number of rotatable bonds is 4. The van der Waals surface area contributed by atoms with E-state index in [0.29, 0.717) is 6.42 Å². The molecule has 16 heavy (non-hydrogen) atoms. The summed E-state index contributed by atoms with van der Waals surface area (Å²) >= 11 is 0. The molecule has 0 aromatic heterocycles. The Kier molecular flexibility index (Phi) is 3.94. The first-order valence-corrected chi connectivity index (χ1v) is 5.56. The first kappa shape index (κ1) is 13.0. The smallest absolute Gasteiger partial charge is 0.119 e. The Hall–Kier alpha value is -1.06. The first-order chi connectivity index (χ1) is 7.48. The average molecular weight is 223 g/mol. The van der Waals surface area contributed by atoms with Crippen molar-refractivity contribution in [3.05, 3.63) is 28.8 Å². The van der Waals surface area contributed by atoms with E-state index in [1.807, 2.05) is 32.9 Å². The summed E-state index contributed by atoms with van der Waals surface area (Å²) in [7, 11) is 1.64. The summed E-state index contributed by atoms with van der Waals surface area (Å²) in [5.74, 6) is 0.814. The highest BCUT2D eigenvalue weighted by atomic mass is 16.5. The minimum Gasteiger partial charge on any atom is -0.497 e. The molecule has 0 heterocycles. The van der Waals surface area contributed by atoms with Crippen LogP contribution < -0.4 is 10.5 Å². The second-order valence-electron chi connectivity index (χ2n) is 4.23. The van der Waals surface area contributed by atoms with Crippen LogP contribution in [0.5, 0.6) is 5.75 Å². The van der Waals surface area contributed by atoms with Gasteiger partial charge in [0.05, 0.1) is 7.11 Å². The molecule has 0 aliphatic carbocycles. The van der Waals surface area contributed by atoms with E-state index in [-0.39, 0.29) is 6.54 Å². The number of hydrogen-bond donors (Lipinski definition) is 2.